The van der Waals surface area contributed by atoms with E-state index in [1.807, 2.05) is 36.4 Å². The number of halogens is 1. The maximum atomic E-state index is 6.21. The van der Waals surface area contributed by atoms with Crippen LogP contribution in [-0.2, 0) is 6.42 Å². The van der Waals surface area contributed by atoms with E-state index in [9.17, 15) is 0 Å². The first-order valence-corrected chi connectivity index (χ1v) is 9.38. The van der Waals surface area contributed by atoms with E-state index in [0.29, 0.717) is 6.54 Å². The largest absolute Gasteiger partial charge is 0.359 e. The number of hydrogen-bond acceptors (Lipinski definition) is 6. The summed E-state index contributed by atoms with van der Waals surface area (Å²) in [6, 6.07) is 13.8. The summed E-state index contributed by atoms with van der Waals surface area (Å²) >= 11 is 7.42. The maximum absolute atomic E-state index is 6.21. The number of nitrogens with two attached hydrogens (primary N) is 1. The van der Waals surface area contributed by atoms with Crippen LogP contribution >= 0.6 is 22.9 Å². The molecule has 0 fully saturated rings. The smallest absolute Gasteiger partial charge is 0.206 e. The molecule has 2 aromatic heterocycles. The third-order valence-electron chi connectivity index (χ3n) is 4.04. The van der Waals surface area contributed by atoms with Crippen molar-refractivity contribution < 1.29 is 0 Å². The fourth-order valence-corrected chi connectivity index (χ4v) is 3.57. The summed E-state index contributed by atoms with van der Waals surface area (Å²) in [7, 11) is 0. The van der Waals surface area contributed by atoms with Gasteiger partial charge in [-0.15, -0.1) is 10.2 Å². The zero-order valence-electron chi connectivity index (χ0n) is 13.8. The summed E-state index contributed by atoms with van der Waals surface area (Å²) < 4.78 is 0. The van der Waals surface area contributed by atoms with Gasteiger partial charge < -0.3 is 11.1 Å². The lowest BCUT2D eigenvalue weighted by atomic mass is 10.1. The molecule has 0 saturated heterocycles. The summed E-state index contributed by atoms with van der Waals surface area (Å²) in [6.45, 7) is 0.623. The van der Waals surface area contributed by atoms with Gasteiger partial charge in [0.15, 0.2) is 0 Å². The summed E-state index contributed by atoms with van der Waals surface area (Å²) in [4.78, 5) is 0. The lowest BCUT2D eigenvalue weighted by molar-refractivity contribution is 0.698. The molecule has 0 aliphatic carbocycles. The summed E-state index contributed by atoms with van der Waals surface area (Å²) in [5.74, 6) is 0. The Hall–Kier alpha value is -2.48. The second-order valence-electron chi connectivity index (χ2n) is 6.06. The Labute approximate surface area is 159 Å². The van der Waals surface area contributed by atoms with Gasteiger partial charge in [0.05, 0.1) is 11.7 Å². The number of hydrogen-bond donors (Lipinski definition) is 3. The fraction of sp³-hybridized carbons (Fsp3) is 0.167. The summed E-state index contributed by atoms with van der Waals surface area (Å²) in [5.41, 5.74) is 9.40. The van der Waals surface area contributed by atoms with Crippen LogP contribution in [-0.4, -0.2) is 33.0 Å². The van der Waals surface area contributed by atoms with Crippen molar-refractivity contribution in [3.8, 4) is 10.6 Å². The van der Waals surface area contributed by atoms with Crippen LogP contribution in [0.4, 0.5) is 5.13 Å². The van der Waals surface area contributed by atoms with Gasteiger partial charge in [-0.3, -0.25) is 5.10 Å². The lowest BCUT2D eigenvalue weighted by Crippen LogP contribution is -2.31. The molecule has 2 heterocycles. The van der Waals surface area contributed by atoms with Gasteiger partial charge in [-0.1, -0.05) is 35.1 Å². The minimum absolute atomic E-state index is 0.0224. The van der Waals surface area contributed by atoms with Crippen molar-refractivity contribution >= 4 is 39.0 Å². The Morgan fingerprint density at radius 2 is 2.00 bits per heavy atom. The quantitative estimate of drug-likeness (QED) is 0.471. The number of fused-ring (bicyclic) bond motifs is 1. The minimum atomic E-state index is -0.0224. The van der Waals surface area contributed by atoms with Crippen LogP contribution in [0.25, 0.3) is 21.5 Å². The molecular weight excluding hydrogens is 368 g/mol. The number of aromatic nitrogens is 4. The van der Waals surface area contributed by atoms with Crippen LogP contribution in [0.2, 0.25) is 5.02 Å². The number of nitrogens with zero attached hydrogens (tertiary/aromatic N) is 3. The highest BCUT2D eigenvalue weighted by molar-refractivity contribution is 7.18. The molecule has 4 aromatic rings. The zero-order valence-corrected chi connectivity index (χ0v) is 15.4. The molecule has 0 radical (unpaired) electrons. The highest BCUT2D eigenvalue weighted by atomic mass is 35.5. The van der Waals surface area contributed by atoms with Crippen molar-refractivity contribution in [1.29, 1.82) is 0 Å². The van der Waals surface area contributed by atoms with Gasteiger partial charge in [-0.05, 0) is 42.3 Å². The number of rotatable bonds is 6. The Morgan fingerprint density at radius 1 is 1.15 bits per heavy atom. The van der Waals surface area contributed by atoms with Crippen LogP contribution in [0.15, 0.2) is 48.7 Å². The predicted molar refractivity (Wildman–Crippen MR) is 107 cm³/mol. The van der Waals surface area contributed by atoms with E-state index in [0.717, 1.165) is 43.6 Å². The summed E-state index contributed by atoms with van der Waals surface area (Å²) in [6.07, 6.45) is 2.57. The Kier molecular flexibility index (Phi) is 4.83. The second-order valence-corrected chi connectivity index (χ2v) is 7.47. The maximum Gasteiger partial charge on any atom is 0.206 e. The van der Waals surface area contributed by atoms with Gasteiger partial charge in [0.1, 0.15) is 5.01 Å². The van der Waals surface area contributed by atoms with Crippen molar-refractivity contribution in [2.24, 2.45) is 5.73 Å². The SMILES string of the molecule is N[C@@H](CNc1nnc(-c2ccc3[nH]ncc3c2)s1)Cc1ccc(Cl)cc1. The van der Waals surface area contributed by atoms with Crippen LogP contribution in [0, 0.1) is 0 Å². The van der Waals surface area contributed by atoms with Gasteiger partial charge in [-0.25, -0.2) is 0 Å². The molecule has 26 heavy (non-hydrogen) atoms. The van der Waals surface area contributed by atoms with Crippen molar-refractivity contribution in [2.75, 3.05) is 11.9 Å². The molecule has 132 valence electrons. The van der Waals surface area contributed by atoms with E-state index >= 15 is 0 Å². The third kappa shape index (κ3) is 3.85. The number of benzene rings is 2. The lowest BCUT2D eigenvalue weighted by Gasteiger charge is -2.12. The Balaban J connectivity index is 1.37. The average molecular weight is 385 g/mol. The van der Waals surface area contributed by atoms with E-state index in [2.05, 4.69) is 31.8 Å². The van der Waals surface area contributed by atoms with Crippen molar-refractivity contribution in [2.45, 2.75) is 12.5 Å². The molecule has 8 heteroatoms. The minimum Gasteiger partial charge on any atom is -0.359 e. The van der Waals surface area contributed by atoms with Crippen LogP contribution in [0.3, 0.4) is 0 Å². The molecule has 0 saturated carbocycles. The van der Waals surface area contributed by atoms with Crippen LogP contribution in [0.1, 0.15) is 5.56 Å². The Morgan fingerprint density at radius 3 is 2.85 bits per heavy atom. The second kappa shape index (κ2) is 7.41. The van der Waals surface area contributed by atoms with Crippen LogP contribution in [0.5, 0.6) is 0 Å². The molecule has 0 aliphatic rings. The van der Waals surface area contributed by atoms with Crippen molar-refractivity contribution in [3.05, 3.63) is 59.2 Å². The highest BCUT2D eigenvalue weighted by Gasteiger charge is 2.10. The monoisotopic (exact) mass is 384 g/mol. The molecule has 0 unspecified atom stereocenters. The van der Waals surface area contributed by atoms with Crippen molar-refractivity contribution in [3.63, 3.8) is 0 Å². The van der Waals surface area contributed by atoms with E-state index in [-0.39, 0.29) is 6.04 Å². The van der Waals surface area contributed by atoms with Gasteiger partial charge in [-0.2, -0.15) is 5.10 Å². The predicted octanol–water partition coefficient (Wildman–Crippen LogP) is 3.72. The van der Waals surface area contributed by atoms with E-state index in [1.54, 1.807) is 6.20 Å². The third-order valence-corrected chi connectivity index (χ3v) is 5.22. The molecule has 1 atom stereocenters. The summed E-state index contributed by atoms with van der Waals surface area (Å²) in [5, 5.41) is 22.1. The van der Waals surface area contributed by atoms with Gasteiger partial charge >= 0.3 is 0 Å². The molecule has 4 rings (SSSR count). The Bertz CT molecular complexity index is 1010. The standard InChI is InChI=1S/C18H17ClN6S/c19-14-4-1-11(2-5-14)7-15(20)10-21-18-25-24-17(26-18)12-3-6-16-13(8-12)9-22-23-16/h1-6,8-9,15H,7,10,20H2,(H,21,25)(H,22,23)/t15-/m1/s1. The van der Waals surface area contributed by atoms with Gasteiger partial charge in [0, 0.05) is 28.6 Å². The topological polar surface area (TPSA) is 92.5 Å². The number of nitrogens with one attached hydrogen (secondary N) is 2. The van der Waals surface area contributed by atoms with E-state index in [4.69, 9.17) is 17.3 Å². The first kappa shape index (κ1) is 17.0. The fourth-order valence-electron chi connectivity index (χ4n) is 2.70. The molecule has 0 aliphatic heterocycles. The highest BCUT2D eigenvalue weighted by Crippen LogP contribution is 2.28. The molecule has 0 amide bonds. The molecule has 4 N–H and O–H groups in total. The molecule has 0 spiro atoms. The number of anilines is 1. The molecular formula is C18H17ClN6S. The normalized spacial score (nSPS) is 12.4. The average Bonchev–Trinajstić information content (AvgIpc) is 3.30. The number of H-pyrrole nitrogens is 1. The van der Waals surface area contributed by atoms with E-state index < -0.39 is 0 Å². The first-order valence-electron chi connectivity index (χ1n) is 8.18. The molecule has 0 bridgehead atoms. The van der Waals surface area contributed by atoms with E-state index in [1.165, 1.54) is 11.3 Å². The number of aromatic amines is 1. The first-order chi connectivity index (χ1) is 12.7. The van der Waals surface area contributed by atoms with Crippen LogP contribution < -0.4 is 11.1 Å². The van der Waals surface area contributed by atoms with Gasteiger partial charge in [0.2, 0.25) is 5.13 Å². The zero-order chi connectivity index (χ0) is 17.9. The van der Waals surface area contributed by atoms with Crippen molar-refractivity contribution in [1.82, 2.24) is 20.4 Å². The molecule has 2 aromatic carbocycles. The molecule has 6 nitrogen and oxygen atoms in total. The van der Waals surface area contributed by atoms with Gasteiger partial charge in [0.25, 0.3) is 0 Å².